The van der Waals surface area contributed by atoms with E-state index in [0.717, 1.165) is 18.4 Å². The molecule has 3 rings (SSSR count). The van der Waals surface area contributed by atoms with Gasteiger partial charge in [0.05, 0.1) is 18.9 Å². The fourth-order valence-corrected chi connectivity index (χ4v) is 4.55. The van der Waals surface area contributed by atoms with Crippen LogP contribution in [0.5, 0.6) is 5.75 Å². The van der Waals surface area contributed by atoms with Gasteiger partial charge in [-0.05, 0) is 51.3 Å². The highest BCUT2D eigenvalue weighted by Gasteiger charge is 2.30. The lowest BCUT2D eigenvalue weighted by atomic mass is 9.94. The number of rotatable bonds is 9. The summed E-state index contributed by atoms with van der Waals surface area (Å²) in [5.74, 6) is 0.522. The van der Waals surface area contributed by atoms with Crippen molar-refractivity contribution >= 4 is 29.4 Å². The molecule has 0 radical (unpaired) electrons. The van der Waals surface area contributed by atoms with Gasteiger partial charge in [0.25, 0.3) is 0 Å². The zero-order chi connectivity index (χ0) is 25.4. The van der Waals surface area contributed by atoms with E-state index in [9.17, 15) is 14.4 Å². The van der Waals surface area contributed by atoms with Gasteiger partial charge in [-0.15, -0.1) is 0 Å². The molecule has 192 valence electrons. The quantitative estimate of drug-likeness (QED) is 0.423. The molecule has 1 unspecified atom stereocenters. The fraction of sp³-hybridized carbons (Fsp3) is 0.615. The molecule has 0 spiro atoms. The number of carbonyl (C=O) groups is 3. The third kappa shape index (κ3) is 7.19. The minimum Gasteiger partial charge on any atom is -0.494 e. The Morgan fingerprint density at radius 1 is 1.23 bits per heavy atom. The Morgan fingerprint density at radius 2 is 1.97 bits per heavy atom. The number of aliphatic imine (C=N–C) groups is 1. The van der Waals surface area contributed by atoms with Gasteiger partial charge in [-0.25, -0.2) is 9.79 Å². The Labute approximate surface area is 207 Å². The summed E-state index contributed by atoms with van der Waals surface area (Å²) in [6.07, 6.45) is 6.99. The molecule has 1 N–H and O–H groups in total. The third-order valence-electron chi connectivity index (χ3n) is 6.59. The first kappa shape index (κ1) is 26.5. The van der Waals surface area contributed by atoms with Crippen LogP contribution in [0.4, 0.5) is 5.69 Å². The van der Waals surface area contributed by atoms with E-state index in [1.54, 1.807) is 18.7 Å². The molecular formula is C26H38N4O5. The van der Waals surface area contributed by atoms with Crippen molar-refractivity contribution in [2.45, 2.75) is 84.3 Å². The summed E-state index contributed by atoms with van der Waals surface area (Å²) in [6.45, 7) is 5.96. The molecule has 2 amide bonds. The van der Waals surface area contributed by atoms with Gasteiger partial charge in [-0.3, -0.25) is 14.9 Å². The molecule has 0 saturated heterocycles. The summed E-state index contributed by atoms with van der Waals surface area (Å²) in [5.41, 5.74) is 1.58. The average molecular weight is 487 g/mol. The lowest BCUT2D eigenvalue weighted by Crippen LogP contribution is -2.51. The van der Waals surface area contributed by atoms with E-state index >= 15 is 0 Å². The van der Waals surface area contributed by atoms with E-state index < -0.39 is 6.04 Å². The number of esters is 1. The maximum Gasteiger partial charge on any atom is 0.328 e. The Morgan fingerprint density at radius 3 is 2.66 bits per heavy atom. The van der Waals surface area contributed by atoms with Crippen LogP contribution in [0, 0.1) is 0 Å². The summed E-state index contributed by atoms with van der Waals surface area (Å²) in [4.78, 5) is 44.8. The number of nitrogens with one attached hydrogen (secondary N) is 1. The minimum absolute atomic E-state index is 0.175. The standard InChI is InChI=1S/C26H38N4O5/c1-5-34-25(33)18(2)30-17-20-16-22(13-14-23(20)28-26(30)27-19(3)31)35-15-9-12-24(32)29(4)21-10-7-6-8-11-21/h13-14,16,18,21H,5-12,15,17H2,1-4H3,(H,27,28,31). The fourth-order valence-electron chi connectivity index (χ4n) is 4.55. The Kier molecular flexibility index (Phi) is 9.51. The number of fused-ring (bicyclic) bond motifs is 1. The van der Waals surface area contributed by atoms with Crippen molar-refractivity contribution in [1.82, 2.24) is 15.1 Å². The molecule has 1 atom stereocenters. The minimum atomic E-state index is -0.620. The van der Waals surface area contributed by atoms with Crippen LogP contribution in [0.2, 0.25) is 0 Å². The number of ether oxygens (including phenoxy) is 2. The molecule has 1 aromatic carbocycles. The Balaban J connectivity index is 1.59. The van der Waals surface area contributed by atoms with Crippen LogP contribution in [-0.4, -0.2) is 65.9 Å². The van der Waals surface area contributed by atoms with Crippen molar-refractivity contribution in [3.63, 3.8) is 0 Å². The van der Waals surface area contributed by atoms with Crippen molar-refractivity contribution in [3.05, 3.63) is 23.8 Å². The van der Waals surface area contributed by atoms with E-state index in [1.165, 1.54) is 26.2 Å². The normalized spacial score (nSPS) is 16.6. The predicted octanol–water partition coefficient (Wildman–Crippen LogP) is 3.53. The molecule has 1 fully saturated rings. The van der Waals surface area contributed by atoms with Crippen LogP contribution in [0.1, 0.15) is 71.3 Å². The molecule has 1 heterocycles. The maximum atomic E-state index is 12.5. The van der Waals surface area contributed by atoms with Crippen LogP contribution in [0.25, 0.3) is 0 Å². The number of hydrogen-bond acceptors (Lipinski definition) is 7. The van der Waals surface area contributed by atoms with Crippen LogP contribution < -0.4 is 10.1 Å². The summed E-state index contributed by atoms with van der Waals surface area (Å²) in [6, 6.07) is 5.31. The highest BCUT2D eigenvalue weighted by atomic mass is 16.5. The highest BCUT2D eigenvalue weighted by molar-refractivity contribution is 5.99. The van der Waals surface area contributed by atoms with Gasteiger partial charge in [-0.2, -0.15) is 0 Å². The van der Waals surface area contributed by atoms with Gasteiger partial charge in [0.15, 0.2) is 0 Å². The van der Waals surface area contributed by atoms with Crippen molar-refractivity contribution in [1.29, 1.82) is 0 Å². The molecule has 1 aliphatic carbocycles. The molecule has 35 heavy (non-hydrogen) atoms. The van der Waals surface area contributed by atoms with Crippen molar-refractivity contribution in [2.75, 3.05) is 20.3 Å². The number of carbonyl (C=O) groups excluding carboxylic acids is 3. The van der Waals surface area contributed by atoms with Gasteiger partial charge in [-0.1, -0.05) is 19.3 Å². The average Bonchev–Trinajstić information content (AvgIpc) is 2.85. The van der Waals surface area contributed by atoms with Gasteiger partial charge in [0, 0.05) is 38.5 Å². The first-order valence-electron chi connectivity index (χ1n) is 12.6. The molecule has 1 saturated carbocycles. The molecular weight excluding hydrogens is 448 g/mol. The van der Waals surface area contributed by atoms with Crippen LogP contribution in [0.15, 0.2) is 23.2 Å². The Hall–Kier alpha value is -3.10. The highest BCUT2D eigenvalue weighted by Crippen LogP contribution is 2.31. The predicted molar refractivity (Wildman–Crippen MR) is 133 cm³/mol. The van der Waals surface area contributed by atoms with Crippen molar-refractivity contribution < 1.29 is 23.9 Å². The maximum absolute atomic E-state index is 12.5. The van der Waals surface area contributed by atoms with E-state index in [4.69, 9.17) is 9.47 Å². The van der Waals surface area contributed by atoms with Crippen molar-refractivity contribution in [3.8, 4) is 5.75 Å². The van der Waals surface area contributed by atoms with Crippen molar-refractivity contribution in [2.24, 2.45) is 4.99 Å². The lowest BCUT2D eigenvalue weighted by Gasteiger charge is -2.33. The lowest BCUT2D eigenvalue weighted by molar-refractivity contribution is -0.147. The summed E-state index contributed by atoms with van der Waals surface area (Å²) in [7, 11) is 1.92. The third-order valence-corrected chi connectivity index (χ3v) is 6.59. The number of guanidine groups is 1. The van der Waals surface area contributed by atoms with E-state index in [2.05, 4.69) is 10.3 Å². The summed E-state index contributed by atoms with van der Waals surface area (Å²) in [5, 5.41) is 2.71. The monoisotopic (exact) mass is 486 g/mol. The van der Waals surface area contributed by atoms with Gasteiger partial charge >= 0.3 is 5.97 Å². The molecule has 9 heteroatoms. The number of nitrogens with zero attached hydrogens (tertiary/aromatic N) is 3. The molecule has 1 aromatic rings. The molecule has 0 aromatic heterocycles. The summed E-state index contributed by atoms with van der Waals surface area (Å²) < 4.78 is 11.1. The molecule has 0 bridgehead atoms. The second kappa shape index (κ2) is 12.6. The molecule has 2 aliphatic rings. The second-order valence-corrected chi connectivity index (χ2v) is 9.21. The van der Waals surface area contributed by atoms with E-state index in [0.29, 0.717) is 49.4 Å². The van der Waals surface area contributed by atoms with Crippen LogP contribution in [-0.2, 0) is 25.7 Å². The number of hydrogen-bond donors (Lipinski definition) is 1. The zero-order valence-corrected chi connectivity index (χ0v) is 21.3. The number of amides is 2. The Bertz CT molecular complexity index is 942. The van der Waals surface area contributed by atoms with Gasteiger partial charge < -0.3 is 19.3 Å². The first-order chi connectivity index (χ1) is 16.8. The largest absolute Gasteiger partial charge is 0.494 e. The van der Waals surface area contributed by atoms with Gasteiger partial charge in [0.2, 0.25) is 17.8 Å². The van der Waals surface area contributed by atoms with E-state index in [-0.39, 0.29) is 24.4 Å². The smallest absolute Gasteiger partial charge is 0.328 e. The number of benzene rings is 1. The van der Waals surface area contributed by atoms with Crippen LogP contribution >= 0.6 is 0 Å². The molecule has 9 nitrogen and oxygen atoms in total. The van der Waals surface area contributed by atoms with E-state index in [1.807, 2.05) is 30.1 Å². The molecule has 1 aliphatic heterocycles. The first-order valence-corrected chi connectivity index (χ1v) is 12.6. The van der Waals surface area contributed by atoms with Gasteiger partial charge in [0.1, 0.15) is 11.8 Å². The topological polar surface area (TPSA) is 101 Å². The summed E-state index contributed by atoms with van der Waals surface area (Å²) >= 11 is 0. The second-order valence-electron chi connectivity index (χ2n) is 9.21. The zero-order valence-electron chi connectivity index (χ0n) is 21.3. The SMILES string of the molecule is CCOC(=O)C(C)N1Cc2cc(OCCCC(=O)N(C)C3CCCCC3)ccc2N=C1NC(C)=O. The van der Waals surface area contributed by atoms with Crippen LogP contribution in [0.3, 0.4) is 0 Å².